The van der Waals surface area contributed by atoms with Gasteiger partial charge in [-0.2, -0.15) is 0 Å². The van der Waals surface area contributed by atoms with Crippen LogP contribution < -0.4 is 5.32 Å². The van der Waals surface area contributed by atoms with Crippen LogP contribution in [0.3, 0.4) is 0 Å². The highest BCUT2D eigenvalue weighted by Gasteiger charge is 2.20. The molecule has 4 N–H and O–H groups in total. The molecule has 0 aliphatic heterocycles. The highest BCUT2D eigenvalue weighted by molar-refractivity contribution is 4.77. The smallest absolute Gasteiger partial charge is 0.0972 e. The average molecular weight is 177 g/mol. The van der Waals surface area contributed by atoms with Crippen LogP contribution in [0.1, 0.15) is 20.8 Å². The van der Waals surface area contributed by atoms with E-state index in [0.717, 1.165) is 0 Å². The second-order valence-corrected chi connectivity index (χ2v) is 3.57. The molecule has 0 saturated carbocycles. The average Bonchev–Trinajstić information content (AvgIpc) is 2.00. The monoisotopic (exact) mass is 177 g/mol. The molecule has 74 valence electrons. The number of nitrogens with one attached hydrogen (secondary N) is 1. The van der Waals surface area contributed by atoms with Crippen LogP contribution in [0.5, 0.6) is 0 Å². The van der Waals surface area contributed by atoms with Gasteiger partial charge in [-0.05, 0) is 20.8 Å². The van der Waals surface area contributed by atoms with Gasteiger partial charge in [-0.25, -0.2) is 0 Å². The van der Waals surface area contributed by atoms with Crippen molar-refractivity contribution in [2.45, 2.75) is 38.5 Å². The van der Waals surface area contributed by atoms with Gasteiger partial charge in [0.1, 0.15) is 0 Å². The first-order valence-corrected chi connectivity index (χ1v) is 4.14. The summed E-state index contributed by atoms with van der Waals surface area (Å²) in [6, 6.07) is -0.0805. The molecule has 0 fully saturated rings. The Morgan fingerprint density at radius 3 is 2.25 bits per heavy atom. The lowest BCUT2D eigenvalue weighted by Gasteiger charge is -2.24. The van der Waals surface area contributed by atoms with E-state index in [9.17, 15) is 5.11 Å². The van der Waals surface area contributed by atoms with Gasteiger partial charge < -0.3 is 20.6 Å². The molecule has 0 aromatic heterocycles. The molecule has 3 unspecified atom stereocenters. The standard InChI is InChI=1S/C8H19NO3/c1-6(7(2)11)9-4-8(3,12)5-10/h6-7,9-12H,4-5H2,1-3H3. The maximum Gasteiger partial charge on any atom is 0.0972 e. The van der Waals surface area contributed by atoms with Gasteiger partial charge in [-0.1, -0.05) is 0 Å². The maximum absolute atomic E-state index is 9.36. The molecule has 0 radical (unpaired) electrons. The van der Waals surface area contributed by atoms with E-state index in [2.05, 4.69) is 5.32 Å². The van der Waals surface area contributed by atoms with Crippen LogP contribution in [-0.2, 0) is 0 Å². The van der Waals surface area contributed by atoms with Gasteiger partial charge in [0, 0.05) is 12.6 Å². The molecule has 0 aliphatic carbocycles. The molecule has 3 atom stereocenters. The molecule has 0 aromatic rings. The molecule has 0 rings (SSSR count). The summed E-state index contributed by atoms with van der Waals surface area (Å²) in [5.41, 5.74) is -1.11. The topological polar surface area (TPSA) is 72.7 Å². The van der Waals surface area contributed by atoms with E-state index in [1.165, 1.54) is 6.92 Å². The molecular formula is C8H19NO3. The Labute approximate surface area is 73.2 Å². The van der Waals surface area contributed by atoms with E-state index in [1.807, 2.05) is 6.92 Å². The second kappa shape index (κ2) is 4.77. The molecule has 0 heterocycles. The Kier molecular flexibility index (Phi) is 4.70. The molecule has 0 saturated heterocycles. The minimum atomic E-state index is -1.11. The van der Waals surface area contributed by atoms with E-state index in [4.69, 9.17) is 10.2 Å². The first kappa shape index (κ1) is 11.8. The lowest BCUT2D eigenvalue weighted by molar-refractivity contribution is -0.00240. The lowest BCUT2D eigenvalue weighted by Crippen LogP contribution is -2.47. The molecule has 4 heteroatoms. The zero-order valence-electron chi connectivity index (χ0n) is 7.91. The van der Waals surface area contributed by atoms with Gasteiger partial charge in [0.2, 0.25) is 0 Å². The van der Waals surface area contributed by atoms with Crippen LogP contribution in [0.25, 0.3) is 0 Å². The molecule has 0 aliphatic rings. The SMILES string of the molecule is CC(O)C(C)NCC(C)(O)CO. The van der Waals surface area contributed by atoms with Crippen molar-refractivity contribution in [1.82, 2.24) is 5.32 Å². The summed E-state index contributed by atoms with van der Waals surface area (Å²) in [7, 11) is 0. The lowest BCUT2D eigenvalue weighted by atomic mass is 10.1. The van der Waals surface area contributed by atoms with E-state index in [1.54, 1.807) is 6.92 Å². The van der Waals surface area contributed by atoms with Gasteiger partial charge in [-0.3, -0.25) is 0 Å². The van der Waals surface area contributed by atoms with Crippen molar-refractivity contribution in [1.29, 1.82) is 0 Å². The van der Waals surface area contributed by atoms with Gasteiger partial charge in [0.05, 0.1) is 18.3 Å². The normalized spacial score (nSPS) is 21.5. The minimum Gasteiger partial charge on any atom is -0.393 e. The van der Waals surface area contributed by atoms with Crippen LogP contribution >= 0.6 is 0 Å². The maximum atomic E-state index is 9.36. The number of hydrogen-bond acceptors (Lipinski definition) is 4. The van der Waals surface area contributed by atoms with Gasteiger partial charge >= 0.3 is 0 Å². The van der Waals surface area contributed by atoms with Gasteiger partial charge in [0.15, 0.2) is 0 Å². The third-order valence-corrected chi connectivity index (χ3v) is 1.87. The van der Waals surface area contributed by atoms with Crippen molar-refractivity contribution >= 4 is 0 Å². The van der Waals surface area contributed by atoms with Gasteiger partial charge in [-0.15, -0.1) is 0 Å². The van der Waals surface area contributed by atoms with Crippen molar-refractivity contribution in [3.63, 3.8) is 0 Å². The summed E-state index contributed by atoms with van der Waals surface area (Å²) in [6.45, 7) is 5.01. The summed E-state index contributed by atoms with van der Waals surface area (Å²) in [5, 5.41) is 30.0. The quantitative estimate of drug-likeness (QED) is 0.438. The molecule has 0 bridgehead atoms. The van der Waals surface area contributed by atoms with E-state index < -0.39 is 11.7 Å². The molecule has 0 aromatic carbocycles. The number of aliphatic hydroxyl groups excluding tert-OH is 2. The third kappa shape index (κ3) is 4.66. The number of aliphatic hydroxyl groups is 3. The van der Waals surface area contributed by atoms with Crippen LogP contribution in [0.4, 0.5) is 0 Å². The summed E-state index contributed by atoms with van der Waals surface area (Å²) < 4.78 is 0. The summed E-state index contributed by atoms with van der Waals surface area (Å²) in [4.78, 5) is 0. The van der Waals surface area contributed by atoms with Crippen molar-refractivity contribution in [2.75, 3.05) is 13.2 Å². The predicted molar refractivity (Wildman–Crippen MR) is 46.9 cm³/mol. The fraction of sp³-hybridized carbons (Fsp3) is 1.00. The van der Waals surface area contributed by atoms with E-state index in [-0.39, 0.29) is 19.2 Å². The fourth-order valence-corrected chi connectivity index (χ4v) is 0.607. The summed E-state index contributed by atoms with van der Waals surface area (Å²) in [6.07, 6.45) is -0.459. The second-order valence-electron chi connectivity index (χ2n) is 3.57. The largest absolute Gasteiger partial charge is 0.393 e. The van der Waals surface area contributed by atoms with Crippen molar-refractivity contribution in [2.24, 2.45) is 0 Å². The first-order valence-electron chi connectivity index (χ1n) is 4.14. The molecular weight excluding hydrogens is 158 g/mol. The Hall–Kier alpha value is -0.160. The Balaban J connectivity index is 3.67. The summed E-state index contributed by atoms with van der Waals surface area (Å²) >= 11 is 0. The van der Waals surface area contributed by atoms with Crippen LogP contribution in [-0.4, -0.2) is 46.2 Å². The predicted octanol–water partition coefficient (Wildman–Crippen LogP) is -0.911. The zero-order chi connectivity index (χ0) is 9.78. The highest BCUT2D eigenvalue weighted by Crippen LogP contribution is 2.00. The third-order valence-electron chi connectivity index (χ3n) is 1.87. The van der Waals surface area contributed by atoms with E-state index >= 15 is 0 Å². The Morgan fingerprint density at radius 1 is 1.42 bits per heavy atom. The van der Waals surface area contributed by atoms with Crippen LogP contribution in [0.2, 0.25) is 0 Å². The Bertz CT molecular complexity index is 125. The molecule has 12 heavy (non-hydrogen) atoms. The van der Waals surface area contributed by atoms with Crippen molar-refractivity contribution in [3.8, 4) is 0 Å². The van der Waals surface area contributed by atoms with E-state index in [0.29, 0.717) is 0 Å². The first-order chi connectivity index (χ1) is 5.39. The number of rotatable bonds is 5. The zero-order valence-corrected chi connectivity index (χ0v) is 7.91. The highest BCUT2D eigenvalue weighted by atomic mass is 16.3. The van der Waals surface area contributed by atoms with Crippen molar-refractivity contribution in [3.05, 3.63) is 0 Å². The number of hydrogen-bond donors (Lipinski definition) is 4. The summed E-state index contributed by atoms with van der Waals surface area (Å²) in [5.74, 6) is 0. The Morgan fingerprint density at radius 2 is 1.92 bits per heavy atom. The fourth-order valence-electron chi connectivity index (χ4n) is 0.607. The molecule has 0 amide bonds. The van der Waals surface area contributed by atoms with Gasteiger partial charge in [0.25, 0.3) is 0 Å². The van der Waals surface area contributed by atoms with Crippen molar-refractivity contribution < 1.29 is 15.3 Å². The van der Waals surface area contributed by atoms with Crippen LogP contribution in [0.15, 0.2) is 0 Å². The van der Waals surface area contributed by atoms with Crippen LogP contribution in [0, 0.1) is 0 Å². The molecule has 0 spiro atoms. The molecule has 4 nitrogen and oxygen atoms in total. The minimum absolute atomic E-state index is 0.0805.